The van der Waals surface area contributed by atoms with Gasteiger partial charge < -0.3 is 0 Å². The largest absolute Gasteiger partial charge is 0.0988 e. The molecule has 0 heterocycles. The fourth-order valence-electron chi connectivity index (χ4n) is 5.67. The molecule has 0 aromatic heterocycles. The van der Waals surface area contributed by atoms with Crippen LogP contribution in [0, 0.1) is 28.6 Å². The highest BCUT2D eigenvalue weighted by Crippen LogP contribution is 2.62. The molecule has 0 saturated heterocycles. The van der Waals surface area contributed by atoms with E-state index in [1.54, 1.807) is 0 Å². The third-order valence-electron chi connectivity index (χ3n) is 6.79. The molecule has 0 bridgehead atoms. The highest BCUT2D eigenvalue weighted by atomic mass is 14.6. The van der Waals surface area contributed by atoms with E-state index in [1.165, 1.54) is 44.1 Å². The van der Waals surface area contributed by atoms with Gasteiger partial charge in [-0.15, -0.1) is 0 Å². The number of hydrogen-bond donors (Lipinski definition) is 0. The molecule has 0 aromatic carbocycles. The van der Waals surface area contributed by atoms with Crippen LogP contribution in [0.2, 0.25) is 0 Å². The average Bonchev–Trinajstić information content (AvgIpc) is 2.36. The van der Waals surface area contributed by atoms with Gasteiger partial charge in [-0.3, -0.25) is 0 Å². The van der Waals surface area contributed by atoms with E-state index in [1.807, 2.05) is 6.08 Å². The summed E-state index contributed by atoms with van der Waals surface area (Å²) in [6.45, 7) is 18.1. The van der Waals surface area contributed by atoms with Crippen LogP contribution in [0.4, 0.5) is 0 Å². The molecule has 0 spiro atoms. The van der Waals surface area contributed by atoms with Crippen molar-refractivity contribution in [1.82, 2.24) is 0 Å². The lowest BCUT2D eigenvalue weighted by molar-refractivity contribution is -0.0956. The normalized spacial score (nSPS) is 39.9. The lowest BCUT2D eigenvalue weighted by Gasteiger charge is -2.59. The Balaban J connectivity index is 2.19. The maximum Gasteiger partial charge on any atom is -0.0261 e. The molecule has 2 aliphatic carbocycles. The minimum absolute atomic E-state index is 0.542. The first-order valence-corrected chi connectivity index (χ1v) is 8.61. The predicted octanol–water partition coefficient (Wildman–Crippen LogP) is 6.39. The molecule has 20 heavy (non-hydrogen) atoms. The smallest absolute Gasteiger partial charge is 0.0261 e. The van der Waals surface area contributed by atoms with Crippen LogP contribution in [-0.4, -0.2) is 0 Å². The van der Waals surface area contributed by atoms with Gasteiger partial charge in [0.15, 0.2) is 0 Å². The van der Waals surface area contributed by atoms with Crippen LogP contribution in [0.1, 0.15) is 72.6 Å². The standard InChI is InChI=1S/C20H34/c1-7-15(2)9-11-17-16(3)10-12-18-19(4,5)13-8-14-20(17,18)6/h7,16-18H,1-2,8-14H2,3-6H3. The van der Waals surface area contributed by atoms with Gasteiger partial charge in [0.25, 0.3) is 0 Å². The van der Waals surface area contributed by atoms with Crippen LogP contribution in [0.3, 0.4) is 0 Å². The Labute approximate surface area is 126 Å². The van der Waals surface area contributed by atoms with Gasteiger partial charge in [-0.05, 0) is 60.7 Å². The molecular formula is C20H34. The zero-order chi connectivity index (χ0) is 15.0. The maximum absolute atomic E-state index is 4.12. The number of rotatable bonds is 4. The maximum atomic E-state index is 4.12. The summed E-state index contributed by atoms with van der Waals surface area (Å²) < 4.78 is 0. The van der Waals surface area contributed by atoms with E-state index in [2.05, 4.69) is 40.9 Å². The van der Waals surface area contributed by atoms with Crippen molar-refractivity contribution in [3.05, 3.63) is 24.8 Å². The molecule has 2 rings (SSSR count). The topological polar surface area (TPSA) is 0 Å². The third-order valence-corrected chi connectivity index (χ3v) is 6.79. The summed E-state index contributed by atoms with van der Waals surface area (Å²) in [7, 11) is 0. The monoisotopic (exact) mass is 274 g/mol. The van der Waals surface area contributed by atoms with Gasteiger partial charge in [0.1, 0.15) is 0 Å². The van der Waals surface area contributed by atoms with Crippen LogP contribution in [0.5, 0.6) is 0 Å². The highest BCUT2D eigenvalue weighted by Gasteiger charge is 2.53. The van der Waals surface area contributed by atoms with E-state index >= 15 is 0 Å². The first-order chi connectivity index (χ1) is 9.31. The number of fused-ring (bicyclic) bond motifs is 1. The molecule has 2 saturated carbocycles. The quantitative estimate of drug-likeness (QED) is 0.521. The van der Waals surface area contributed by atoms with E-state index in [9.17, 15) is 0 Å². The molecule has 4 atom stereocenters. The van der Waals surface area contributed by atoms with Crippen LogP contribution >= 0.6 is 0 Å². The van der Waals surface area contributed by atoms with Crippen molar-refractivity contribution in [2.24, 2.45) is 28.6 Å². The second kappa shape index (κ2) is 5.70. The summed E-state index contributed by atoms with van der Waals surface area (Å²) in [6.07, 6.45) is 11.6. The van der Waals surface area contributed by atoms with Gasteiger partial charge in [0.2, 0.25) is 0 Å². The summed E-state index contributed by atoms with van der Waals surface area (Å²) >= 11 is 0. The Hall–Kier alpha value is -0.520. The van der Waals surface area contributed by atoms with Crippen molar-refractivity contribution in [2.45, 2.75) is 72.6 Å². The van der Waals surface area contributed by atoms with Gasteiger partial charge in [0, 0.05) is 0 Å². The van der Waals surface area contributed by atoms with Crippen molar-refractivity contribution >= 4 is 0 Å². The molecule has 4 unspecified atom stereocenters. The summed E-state index contributed by atoms with van der Waals surface area (Å²) in [5, 5.41) is 0. The molecule has 0 N–H and O–H groups in total. The molecule has 0 aliphatic heterocycles. The van der Waals surface area contributed by atoms with Crippen LogP contribution in [-0.2, 0) is 0 Å². The van der Waals surface area contributed by atoms with Crippen LogP contribution < -0.4 is 0 Å². The Bertz CT molecular complexity index is 375. The van der Waals surface area contributed by atoms with Gasteiger partial charge in [0.05, 0.1) is 0 Å². The van der Waals surface area contributed by atoms with Gasteiger partial charge in [-0.1, -0.05) is 65.3 Å². The SMILES string of the molecule is C=CC(=C)CCC1C(C)CCC2C(C)(C)CCCC12C. The second-order valence-electron chi connectivity index (χ2n) is 8.46. The van der Waals surface area contributed by atoms with Crippen molar-refractivity contribution in [2.75, 3.05) is 0 Å². The fraction of sp³-hybridized carbons (Fsp3) is 0.800. The summed E-state index contributed by atoms with van der Waals surface area (Å²) in [4.78, 5) is 0. The highest BCUT2D eigenvalue weighted by molar-refractivity contribution is 5.11. The molecule has 0 nitrogen and oxygen atoms in total. The van der Waals surface area contributed by atoms with Crippen molar-refractivity contribution in [3.8, 4) is 0 Å². The zero-order valence-corrected chi connectivity index (χ0v) is 14.2. The summed E-state index contributed by atoms with van der Waals surface area (Å²) in [6, 6.07) is 0. The first-order valence-electron chi connectivity index (χ1n) is 8.61. The molecule has 0 aromatic rings. The van der Waals surface area contributed by atoms with Crippen molar-refractivity contribution < 1.29 is 0 Å². The van der Waals surface area contributed by atoms with Gasteiger partial charge >= 0.3 is 0 Å². The van der Waals surface area contributed by atoms with E-state index in [4.69, 9.17) is 0 Å². The average molecular weight is 274 g/mol. The number of allylic oxidation sites excluding steroid dienone is 2. The minimum Gasteiger partial charge on any atom is -0.0988 e. The second-order valence-corrected chi connectivity index (χ2v) is 8.46. The number of hydrogen-bond acceptors (Lipinski definition) is 0. The van der Waals surface area contributed by atoms with Crippen molar-refractivity contribution in [3.63, 3.8) is 0 Å². The summed E-state index contributed by atoms with van der Waals surface area (Å²) in [5.74, 6) is 2.67. The van der Waals surface area contributed by atoms with Crippen LogP contribution in [0.15, 0.2) is 24.8 Å². The Morgan fingerprint density at radius 3 is 2.55 bits per heavy atom. The molecule has 2 aliphatic rings. The van der Waals surface area contributed by atoms with E-state index in [0.29, 0.717) is 10.8 Å². The van der Waals surface area contributed by atoms with E-state index in [0.717, 1.165) is 24.2 Å². The van der Waals surface area contributed by atoms with Gasteiger partial charge in [-0.25, -0.2) is 0 Å². The predicted molar refractivity (Wildman–Crippen MR) is 89.7 cm³/mol. The van der Waals surface area contributed by atoms with Crippen LogP contribution in [0.25, 0.3) is 0 Å². The fourth-order valence-corrected chi connectivity index (χ4v) is 5.67. The van der Waals surface area contributed by atoms with Crippen molar-refractivity contribution in [1.29, 1.82) is 0 Å². The Kier molecular flexibility index (Phi) is 4.52. The Morgan fingerprint density at radius 2 is 1.90 bits per heavy atom. The molecule has 0 amide bonds. The molecule has 2 fully saturated rings. The lowest BCUT2D eigenvalue weighted by atomic mass is 9.46. The Morgan fingerprint density at radius 1 is 1.20 bits per heavy atom. The summed E-state index contributed by atoms with van der Waals surface area (Å²) in [5.41, 5.74) is 2.32. The van der Waals surface area contributed by atoms with E-state index in [-0.39, 0.29) is 0 Å². The molecule has 0 radical (unpaired) electrons. The lowest BCUT2D eigenvalue weighted by Crippen LogP contribution is -2.51. The minimum atomic E-state index is 0.542. The molecular weight excluding hydrogens is 240 g/mol. The zero-order valence-electron chi connectivity index (χ0n) is 14.2. The first kappa shape index (κ1) is 15.9. The van der Waals surface area contributed by atoms with E-state index < -0.39 is 0 Å². The third kappa shape index (κ3) is 2.76. The molecule has 0 heteroatoms. The molecule has 114 valence electrons. The van der Waals surface area contributed by atoms with Gasteiger partial charge in [-0.2, -0.15) is 0 Å².